The number of rotatable bonds is 20. The lowest BCUT2D eigenvalue weighted by molar-refractivity contribution is -0.160. The fourth-order valence-corrected chi connectivity index (χ4v) is 6.31. The van der Waals surface area contributed by atoms with Crippen LogP contribution in [0.15, 0.2) is 91.0 Å². The third-order valence-electron chi connectivity index (χ3n) is 10.0. The molecule has 4 rings (SSSR count). The van der Waals surface area contributed by atoms with Crippen LogP contribution in [-0.2, 0) is 57.9 Å². The third kappa shape index (κ3) is 13.6. The van der Waals surface area contributed by atoms with E-state index in [4.69, 9.17) is 9.47 Å². The highest BCUT2D eigenvalue weighted by Crippen LogP contribution is 2.29. The molecule has 6 N–H and O–H groups in total. The van der Waals surface area contributed by atoms with Gasteiger partial charge in [0.15, 0.2) is 12.2 Å². The van der Waals surface area contributed by atoms with Gasteiger partial charge in [0.2, 0.25) is 11.8 Å². The Morgan fingerprint density at radius 3 is 1.71 bits per heavy atom. The van der Waals surface area contributed by atoms with Gasteiger partial charge < -0.3 is 45.6 Å². The molecule has 0 aromatic heterocycles. The van der Waals surface area contributed by atoms with Crippen LogP contribution in [0.3, 0.4) is 0 Å². The maximum Gasteiger partial charge on any atom is 0.433 e. The van der Waals surface area contributed by atoms with Crippen LogP contribution in [0.1, 0.15) is 56.7 Å². The average molecular weight is 861 g/mol. The average Bonchev–Trinajstić information content (AvgIpc) is 4.06. The van der Waals surface area contributed by atoms with Gasteiger partial charge >= 0.3 is 18.2 Å². The third-order valence-corrected chi connectivity index (χ3v) is 10.0. The number of aliphatic carboxylic acids is 1. The van der Waals surface area contributed by atoms with E-state index >= 15 is 0 Å². The Bertz CT molecular complexity index is 2000. The number of aliphatic hydroxyl groups excluding tert-OH is 1. The van der Waals surface area contributed by atoms with Gasteiger partial charge in [-0.25, -0.2) is 14.6 Å². The molecule has 1 saturated heterocycles. The van der Waals surface area contributed by atoms with E-state index in [0.717, 1.165) is 25.1 Å². The number of likely N-dealkylation sites (N-methyl/N-ethyl adjacent to an activating group) is 1. The largest absolute Gasteiger partial charge is 0.481 e. The SMILES string of the molecule is CC[C@H](C)[C@H](NC(=O)OCc1ccccc1)C(=O)N[C@@H](CCC(=O)O)C(=O)N[C@H](C(=O)N(C)N(C(=O)O)C(=O)[C@H]1O[C@@H]1C(=O)N(Cc1ccccc1)Cc1ccccc1)[C@@H](C)O. The van der Waals surface area contributed by atoms with Gasteiger partial charge in [-0.3, -0.25) is 28.8 Å². The van der Waals surface area contributed by atoms with Crippen molar-refractivity contribution in [3.8, 4) is 0 Å². The summed E-state index contributed by atoms with van der Waals surface area (Å²) < 4.78 is 10.7. The van der Waals surface area contributed by atoms with Crippen LogP contribution in [0.25, 0.3) is 0 Å². The second-order valence-electron chi connectivity index (χ2n) is 14.7. The molecule has 7 atom stereocenters. The van der Waals surface area contributed by atoms with E-state index in [1.54, 1.807) is 68.4 Å². The topological polar surface area (TPSA) is 265 Å². The first-order chi connectivity index (χ1) is 29.5. The minimum atomic E-state index is -1.95. The smallest absolute Gasteiger partial charge is 0.433 e. The molecule has 1 aliphatic rings. The summed E-state index contributed by atoms with van der Waals surface area (Å²) in [4.78, 5) is 107. The molecule has 0 aliphatic carbocycles. The van der Waals surface area contributed by atoms with E-state index in [0.29, 0.717) is 17.0 Å². The number of hydrazine groups is 1. The van der Waals surface area contributed by atoms with Gasteiger partial charge in [-0.05, 0) is 36.0 Å². The van der Waals surface area contributed by atoms with Gasteiger partial charge in [-0.2, -0.15) is 0 Å². The minimum absolute atomic E-state index is 0.0104. The molecule has 0 bridgehead atoms. The van der Waals surface area contributed by atoms with Crippen molar-refractivity contribution < 1.29 is 63.1 Å². The molecule has 1 aliphatic heterocycles. The first-order valence-corrected chi connectivity index (χ1v) is 19.9. The van der Waals surface area contributed by atoms with Gasteiger partial charge in [0.25, 0.3) is 17.7 Å². The number of carboxylic acids is 1. The van der Waals surface area contributed by atoms with E-state index in [9.17, 15) is 53.7 Å². The number of nitrogens with zero attached hydrogens (tertiary/aromatic N) is 3. The minimum Gasteiger partial charge on any atom is -0.481 e. The first-order valence-electron chi connectivity index (χ1n) is 19.9. The van der Waals surface area contributed by atoms with Crippen LogP contribution in [0.5, 0.6) is 0 Å². The van der Waals surface area contributed by atoms with Crippen molar-refractivity contribution in [3.63, 3.8) is 0 Å². The number of nitrogens with one attached hydrogen (secondary N) is 3. The molecule has 19 nitrogen and oxygen atoms in total. The zero-order chi connectivity index (χ0) is 45.5. The molecule has 0 radical (unpaired) electrons. The van der Waals surface area contributed by atoms with Crippen molar-refractivity contribution in [2.24, 2.45) is 5.92 Å². The number of ether oxygens (including phenoxy) is 2. The summed E-state index contributed by atoms with van der Waals surface area (Å²) in [6.07, 6.45) is -8.40. The molecule has 0 saturated carbocycles. The Morgan fingerprint density at radius 1 is 0.710 bits per heavy atom. The van der Waals surface area contributed by atoms with E-state index < -0.39 is 103 Å². The predicted octanol–water partition coefficient (Wildman–Crippen LogP) is 2.42. The van der Waals surface area contributed by atoms with Crippen LogP contribution >= 0.6 is 0 Å². The standard InChI is InChI=1S/C43H52N6O13/c1-5-26(2)33(46-42(58)61-25-30-19-13-8-14-20-30)38(54)44-31(21-22-32(51)52)37(53)45-34(27(3)50)39(55)47(4)49(43(59)60)41(57)36-35(62-36)40(56)48(23-28-15-9-6-10-16-28)24-29-17-11-7-12-18-29/h6-20,26-27,31,33-36,50H,5,21-25H2,1-4H3,(H,44,54)(H,45,53)(H,46,58)(H,51,52)(H,59,60)/t26-,27+,31-,33-,34-,35-,36-/m0/s1. The van der Waals surface area contributed by atoms with Crippen LogP contribution in [0.4, 0.5) is 9.59 Å². The van der Waals surface area contributed by atoms with E-state index in [-0.39, 0.29) is 24.7 Å². The number of hydrogen-bond donors (Lipinski definition) is 6. The summed E-state index contributed by atoms with van der Waals surface area (Å²) in [5, 5.41) is 37.6. The summed E-state index contributed by atoms with van der Waals surface area (Å²) >= 11 is 0. The Balaban J connectivity index is 1.47. The Labute approximate surface area is 357 Å². The molecule has 62 heavy (non-hydrogen) atoms. The number of aliphatic hydroxyl groups is 1. The number of imide groups is 1. The second-order valence-corrected chi connectivity index (χ2v) is 14.7. The highest BCUT2D eigenvalue weighted by molar-refractivity contribution is 6.02. The Hall–Kier alpha value is -6.86. The number of amides is 7. The lowest BCUT2D eigenvalue weighted by Gasteiger charge is -2.32. The highest BCUT2D eigenvalue weighted by Gasteiger charge is 2.55. The molecular weight excluding hydrogens is 809 g/mol. The van der Waals surface area contributed by atoms with Crippen molar-refractivity contribution in [2.45, 2.75) is 96.2 Å². The van der Waals surface area contributed by atoms with Crippen LogP contribution < -0.4 is 16.0 Å². The van der Waals surface area contributed by atoms with Gasteiger partial charge in [-0.15, -0.1) is 5.01 Å². The fraction of sp³-hybridized carbons (Fsp3) is 0.395. The second kappa shape index (κ2) is 22.7. The van der Waals surface area contributed by atoms with Crippen molar-refractivity contribution in [1.82, 2.24) is 30.9 Å². The normalized spacial score (nSPS) is 16.5. The van der Waals surface area contributed by atoms with Crippen molar-refractivity contribution in [2.75, 3.05) is 7.05 Å². The lowest BCUT2D eigenvalue weighted by atomic mass is 9.97. The number of alkyl carbamates (subject to hydrolysis) is 1. The van der Waals surface area contributed by atoms with Crippen molar-refractivity contribution in [1.29, 1.82) is 0 Å². The zero-order valence-corrected chi connectivity index (χ0v) is 34.7. The van der Waals surface area contributed by atoms with Gasteiger partial charge in [-0.1, -0.05) is 111 Å². The maximum atomic E-state index is 13.8. The predicted molar refractivity (Wildman–Crippen MR) is 219 cm³/mol. The summed E-state index contributed by atoms with van der Waals surface area (Å²) in [5.41, 5.74) is 2.24. The molecule has 3 aromatic carbocycles. The first kappa shape index (κ1) is 47.8. The summed E-state index contributed by atoms with van der Waals surface area (Å²) in [7, 11) is 0.884. The van der Waals surface area contributed by atoms with Crippen LogP contribution in [-0.4, -0.2) is 121 Å². The fourth-order valence-electron chi connectivity index (χ4n) is 6.31. The molecule has 332 valence electrons. The van der Waals surface area contributed by atoms with Crippen LogP contribution in [0.2, 0.25) is 0 Å². The zero-order valence-electron chi connectivity index (χ0n) is 34.7. The summed E-state index contributed by atoms with van der Waals surface area (Å²) in [6, 6.07) is 21.9. The molecule has 7 amide bonds. The molecule has 1 fully saturated rings. The van der Waals surface area contributed by atoms with Crippen molar-refractivity contribution >= 4 is 47.7 Å². The Morgan fingerprint density at radius 2 is 1.23 bits per heavy atom. The van der Waals surface area contributed by atoms with E-state index in [1.807, 2.05) is 36.4 Å². The molecule has 0 unspecified atom stereocenters. The van der Waals surface area contributed by atoms with Crippen molar-refractivity contribution in [3.05, 3.63) is 108 Å². The molecule has 19 heteroatoms. The molecule has 3 aromatic rings. The summed E-state index contributed by atoms with van der Waals surface area (Å²) in [5.74, 6) is -7.12. The number of benzene rings is 3. The highest BCUT2D eigenvalue weighted by atomic mass is 16.6. The van der Waals surface area contributed by atoms with E-state index in [2.05, 4.69) is 16.0 Å². The molecule has 1 heterocycles. The van der Waals surface area contributed by atoms with E-state index in [1.165, 1.54) is 4.90 Å². The number of epoxide rings is 1. The van der Waals surface area contributed by atoms with Crippen LogP contribution in [0, 0.1) is 5.92 Å². The molecular formula is C43H52N6O13. The molecule has 0 spiro atoms. The lowest BCUT2D eigenvalue weighted by Crippen LogP contribution is -2.62. The monoisotopic (exact) mass is 860 g/mol. The van der Waals surface area contributed by atoms with Gasteiger partial charge in [0.05, 0.1) is 6.10 Å². The summed E-state index contributed by atoms with van der Waals surface area (Å²) in [6.45, 7) is 4.65. The number of hydrogen-bond acceptors (Lipinski definition) is 11. The quantitative estimate of drug-likeness (QED) is 0.0705. The number of carbonyl (C=O) groups excluding carboxylic acids is 6. The number of carboxylic acid groups (broad SMARTS) is 2. The Kier molecular flexibility index (Phi) is 17.5. The van der Waals surface area contributed by atoms with Gasteiger partial charge in [0.1, 0.15) is 24.7 Å². The van der Waals surface area contributed by atoms with Gasteiger partial charge in [0, 0.05) is 26.6 Å². The number of carbonyl (C=O) groups is 8. The maximum absolute atomic E-state index is 13.8.